The smallest absolute Gasteiger partial charge is 0.255 e. The number of aromatic nitrogens is 2. The molecule has 2 aliphatic heterocycles. The number of nitrogens with zero attached hydrogens (tertiary/aromatic N) is 4. The van der Waals surface area contributed by atoms with Crippen molar-refractivity contribution in [2.24, 2.45) is 0 Å². The topological polar surface area (TPSA) is 41.4 Å². The number of pyridine rings is 1. The highest BCUT2D eigenvalue weighted by atomic mass is 19.3. The zero-order valence-electron chi connectivity index (χ0n) is 16.5. The number of alkyl halides is 2. The molecule has 0 radical (unpaired) electrons. The first-order valence-corrected chi connectivity index (χ1v) is 9.65. The van der Waals surface area contributed by atoms with Gasteiger partial charge in [0.25, 0.3) is 11.8 Å². The highest BCUT2D eigenvalue weighted by Gasteiger charge is 2.35. The fraction of sp³-hybridized carbons (Fsp3) is 0.455. The van der Waals surface area contributed by atoms with E-state index >= 15 is 0 Å². The van der Waals surface area contributed by atoms with Gasteiger partial charge >= 0.3 is 0 Å². The Kier molecular flexibility index (Phi) is 7.16. The van der Waals surface area contributed by atoms with Crippen molar-refractivity contribution in [1.82, 2.24) is 19.4 Å². The van der Waals surface area contributed by atoms with Gasteiger partial charge in [0.15, 0.2) is 0 Å². The lowest BCUT2D eigenvalue weighted by Crippen LogP contribution is -2.42. The Hall–Kier alpha value is -2.70. The van der Waals surface area contributed by atoms with Crippen molar-refractivity contribution in [2.75, 3.05) is 26.7 Å². The molecular formula is C22H30F2N4O. The second-order valence-electron chi connectivity index (χ2n) is 6.89. The molecular weight excluding hydrogens is 374 g/mol. The maximum absolute atomic E-state index is 13.3. The summed E-state index contributed by atoms with van der Waals surface area (Å²) in [6, 6.07) is 3.71. The van der Waals surface area contributed by atoms with E-state index in [0.29, 0.717) is 5.56 Å². The Bertz CT molecular complexity index is 907. The second-order valence-corrected chi connectivity index (χ2v) is 6.89. The van der Waals surface area contributed by atoms with E-state index in [9.17, 15) is 13.6 Å². The maximum Gasteiger partial charge on any atom is 0.255 e. The van der Waals surface area contributed by atoms with Crippen LogP contribution in [0.25, 0.3) is 16.7 Å². The molecule has 1 amide bonds. The van der Waals surface area contributed by atoms with Crippen LogP contribution in [0.5, 0.6) is 0 Å². The molecule has 158 valence electrons. The van der Waals surface area contributed by atoms with Crippen molar-refractivity contribution in [2.45, 2.75) is 40.0 Å². The number of piperidine rings is 1. The van der Waals surface area contributed by atoms with Crippen LogP contribution >= 0.6 is 0 Å². The first-order chi connectivity index (χ1) is 13.4. The Morgan fingerprint density at radius 3 is 2.55 bits per heavy atom. The lowest BCUT2D eigenvalue weighted by molar-refractivity contribution is -0.0494. The largest absolute Gasteiger partial charge is 0.375 e. The van der Waals surface area contributed by atoms with Crippen LogP contribution in [0.2, 0.25) is 0 Å². The van der Waals surface area contributed by atoms with Crippen LogP contribution in [0.15, 0.2) is 42.9 Å². The first kappa shape index (κ1) is 22.6. The predicted octanol–water partition coefficient (Wildman–Crippen LogP) is 4.87. The zero-order chi connectivity index (χ0) is 20.3. The SMILES string of the molecule is C.CC.CN1C=CC=C(n2ccc3cc(C(=O)N4CCC(F)(F)CC4)cnc32)C1. The lowest BCUT2D eigenvalue weighted by atomic mass is 10.1. The molecule has 0 spiro atoms. The molecule has 0 aromatic carbocycles. The first-order valence-electron chi connectivity index (χ1n) is 9.65. The fourth-order valence-corrected chi connectivity index (χ4v) is 3.41. The van der Waals surface area contributed by atoms with Gasteiger partial charge in [0.05, 0.1) is 12.1 Å². The van der Waals surface area contributed by atoms with E-state index in [1.807, 2.05) is 56.1 Å². The number of allylic oxidation sites excluding steroid dienone is 2. The normalized spacial score (nSPS) is 17.9. The Labute approximate surface area is 171 Å². The molecule has 0 atom stereocenters. The molecule has 0 saturated carbocycles. The number of fused-ring (bicyclic) bond motifs is 1. The summed E-state index contributed by atoms with van der Waals surface area (Å²) in [5.74, 6) is -2.90. The van der Waals surface area contributed by atoms with Crippen molar-refractivity contribution >= 4 is 22.6 Å². The summed E-state index contributed by atoms with van der Waals surface area (Å²) in [6.07, 6.45) is 8.94. The number of amides is 1. The summed E-state index contributed by atoms with van der Waals surface area (Å²) >= 11 is 0. The van der Waals surface area contributed by atoms with Gasteiger partial charge in [-0.1, -0.05) is 21.3 Å². The summed E-state index contributed by atoms with van der Waals surface area (Å²) < 4.78 is 28.6. The lowest BCUT2D eigenvalue weighted by Gasteiger charge is -2.31. The molecule has 5 nitrogen and oxygen atoms in total. The Morgan fingerprint density at radius 2 is 1.90 bits per heavy atom. The third kappa shape index (κ3) is 4.83. The van der Waals surface area contributed by atoms with Gasteiger partial charge in [-0.15, -0.1) is 0 Å². The van der Waals surface area contributed by atoms with Crippen LogP contribution in [0.3, 0.4) is 0 Å². The molecule has 2 aromatic heterocycles. The van der Waals surface area contributed by atoms with E-state index in [-0.39, 0.29) is 39.3 Å². The highest BCUT2D eigenvalue weighted by Crippen LogP contribution is 2.29. The van der Waals surface area contributed by atoms with E-state index in [4.69, 9.17) is 0 Å². The Balaban J connectivity index is 0.000000970. The molecule has 2 aliphatic rings. The van der Waals surface area contributed by atoms with Gasteiger partial charge in [0, 0.05) is 56.5 Å². The van der Waals surface area contributed by atoms with Crippen molar-refractivity contribution in [1.29, 1.82) is 0 Å². The van der Waals surface area contributed by atoms with Crippen molar-refractivity contribution in [3.63, 3.8) is 0 Å². The van der Waals surface area contributed by atoms with Crippen LogP contribution in [0.4, 0.5) is 8.78 Å². The monoisotopic (exact) mass is 404 g/mol. The van der Waals surface area contributed by atoms with Crippen LogP contribution in [-0.4, -0.2) is 57.9 Å². The van der Waals surface area contributed by atoms with Crippen molar-refractivity contribution in [3.05, 3.63) is 48.4 Å². The molecule has 29 heavy (non-hydrogen) atoms. The summed E-state index contributed by atoms with van der Waals surface area (Å²) in [5, 5.41) is 0.858. The minimum Gasteiger partial charge on any atom is -0.375 e. The number of carbonyl (C=O) groups is 1. The molecule has 0 bridgehead atoms. The minimum absolute atomic E-state index is 0. The van der Waals surface area contributed by atoms with Gasteiger partial charge in [-0.05, 0) is 30.5 Å². The summed E-state index contributed by atoms with van der Waals surface area (Å²) in [6.45, 7) is 4.93. The number of likely N-dealkylation sites (N-methyl/N-ethyl adjacent to an activating group) is 1. The van der Waals surface area contributed by atoms with Gasteiger partial charge in [-0.2, -0.15) is 0 Å². The third-order valence-corrected chi connectivity index (χ3v) is 4.91. The van der Waals surface area contributed by atoms with Gasteiger partial charge in [-0.3, -0.25) is 4.79 Å². The predicted molar refractivity (Wildman–Crippen MR) is 114 cm³/mol. The van der Waals surface area contributed by atoms with Crippen LogP contribution in [-0.2, 0) is 0 Å². The number of carbonyl (C=O) groups excluding carboxylic acids is 1. The molecule has 4 heterocycles. The van der Waals surface area contributed by atoms with E-state index in [1.165, 1.54) is 11.1 Å². The second kappa shape index (κ2) is 9.20. The Morgan fingerprint density at radius 1 is 1.21 bits per heavy atom. The van der Waals surface area contributed by atoms with Gasteiger partial charge in [0.2, 0.25) is 0 Å². The third-order valence-electron chi connectivity index (χ3n) is 4.91. The van der Waals surface area contributed by atoms with Gasteiger partial charge in [-0.25, -0.2) is 13.8 Å². The average Bonchev–Trinajstić information content (AvgIpc) is 3.12. The standard InChI is InChI=1S/C19H20F2N4O.C2H6.CH4/c1-23-7-2-3-16(13-23)25-8-4-14-11-15(12-22-17(14)25)18(26)24-9-5-19(20,21)6-10-24;1-2;/h2-4,7-8,11-12H,5-6,9-10,13H2,1H3;1-2H3;1H4. The molecule has 4 rings (SSSR count). The molecule has 0 unspecified atom stereocenters. The summed E-state index contributed by atoms with van der Waals surface area (Å²) in [7, 11) is 2.00. The van der Waals surface area contributed by atoms with E-state index < -0.39 is 5.92 Å². The minimum atomic E-state index is -2.66. The number of hydrogen-bond acceptors (Lipinski definition) is 3. The number of rotatable bonds is 2. The molecule has 7 heteroatoms. The number of likely N-dealkylation sites (tertiary alicyclic amines) is 1. The number of halogens is 2. The van der Waals surface area contributed by atoms with Crippen LogP contribution in [0.1, 0.15) is 44.5 Å². The summed E-state index contributed by atoms with van der Waals surface area (Å²) in [5.41, 5.74) is 2.31. The molecule has 0 N–H and O–H groups in total. The van der Waals surface area contributed by atoms with E-state index in [1.54, 1.807) is 6.07 Å². The van der Waals surface area contributed by atoms with Crippen molar-refractivity contribution in [3.8, 4) is 0 Å². The van der Waals surface area contributed by atoms with Crippen LogP contribution in [0, 0.1) is 0 Å². The molecule has 2 aromatic rings. The maximum atomic E-state index is 13.3. The fourth-order valence-electron chi connectivity index (χ4n) is 3.41. The zero-order valence-corrected chi connectivity index (χ0v) is 16.5. The molecule has 0 aliphatic carbocycles. The number of hydrogen-bond donors (Lipinski definition) is 0. The molecule has 1 fully saturated rings. The van der Waals surface area contributed by atoms with Crippen molar-refractivity contribution < 1.29 is 13.6 Å². The highest BCUT2D eigenvalue weighted by molar-refractivity contribution is 5.97. The van der Waals surface area contributed by atoms with E-state index in [0.717, 1.165) is 23.3 Å². The van der Waals surface area contributed by atoms with Gasteiger partial charge in [0.1, 0.15) is 5.65 Å². The quantitative estimate of drug-likeness (QED) is 0.717. The van der Waals surface area contributed by atoms with E-state index in [2.05, 4.69) is 9.88 Å². The molecule has 1 saturated heterocycles. The summed E-state index contributed by atoms with van der Waals surface area (Å²) in [4.78, 5) is 20.6. The average molecular weight is 405 g/mol. The van der Waals surface area contributed by atoms with Crippen LogP contribution < -0.4 is 0 Å². The van der Waals surface area contributed by atoms with Gasteiger partial charge < -0.3 is 14.4 Å².